The lowest BCUT2D eigenvalue weighted by Crippen LogP contribution is -2.18. The van der Waals surface area contributed by atoms with Crippen LogP contribution < -0.4 is 4.83 Å². The maximum Gasteiger partial charge on any atom is 0.276 e. The number of nitrogens with zero attached hydrogens (tertiary/aromatic N) is 3. The van der Waals surface area contributed by atoms with Crippen LogP contribution in [0.15, 0.2) is 52.7 Å². The third kappa shape index (κ3) is 2.95. The van der Waals surface area contributed by atoms with Crippen molar-refractivity contribution < 1.29 is 8.42 Å². The minimum Gasteiger partial charge on any atom is -0.275 e. The minimum absolute atomic E-state index is 0.174. The van der Waals surface area contributed by atoms with Gasteiger partial charge in [-0.2, -0.15) is 18.6 Å². The van der Waals surface area contributed by atoms with Crippen LogP contribution in [0.1, 0.15) is 5.56 Å². The van der Waals surface area contributed by atoms with Crippen LogP contribution in [0.25, 0.3) is 0 Å². The van der Waals surface area contributed by atoms with Crippen LogP contribution in [-0.2, 0) is 17.1 Å². The molecule has 0 fully saturated rings. The number of rotatable bonds is 4. The van der Waals surface area contributed by atoms with E-state index in [2.05, 4.69) is 15.0 Å². The summed E-state index contributed by atoms with van der Waals surface area (Å²) >= 11 is 0. The summed E-state index contributed by atoms with van der Waals surface area (Å²) < 4.78 is 25.2. The summed E-state index contributed by atoms with van der Waals surface area (Å²) in [6.45, 7) is 0. The lowest BCUT2D eigenvalue weighted by molar-refractivity contribution is 0.584. The van der Waals surface area contributed by atoms with E-state index in [1.165, 1.54) is 18.3 Å². The Kier molecular flexibility index (Phi) is 3.42. The van der Waals surface area contributed by atoms with Crippen molar-refractivity contribution in [2.45, 2.75) is 4.90 Å². The molecule has 1 aromatic heterocycles. The third-order valence-corrected chi connectivity index (χ3v) is 3.40. The molecular weight excluding hydrogens is 252 g/mol. The molecule has 0 atom stereocenters. The summed E-state index contributed by atoms with van der Waals surface area (Å²) in [6, 6.07) is 8.06. The normalized spacial score (nSPS) is 11.8. The van der Waals surface area contributed by atoms with Crippen molar-refractivity contribution in [3.8, 4) is 0 Å². The summed E-state index contributed by atoms with van der Waals surface area (Å²) in [7, 11) is -1.83. The molecule has 0 aliphatic heterocycles. The first kappa shape index (κ1) is 12.3. The van der Waals surface area contributed by atoms with Crippen molar-refractivity contribution in [2.75, 3.05) is 0 Å². The zero-order valence-corrected chi connectivity index (χ0v) is 10.5. The standard InChI is InChI=1S/C11H12N4O2S/c1-15-9-10(8-13-15)7-12-14-18(16,17)11-5-3-2-4-6-11/h2-9,14H,1H3/b12-7+. The number of nitrogens with one attached hydrogen (secondary N) is 1. The van der Waals surface area contributed by atoms with Gasteiger partial charge in [-0.3, -0.25) is 4.68 Å². The summed E-state index contributed by atoms with van der Waals surface area (Å²) in [5, 5.41) is 7.62. The Morgan fingerprint density at radius 2 is 2.06 bits per heavy atom. The van der Waals surface area contributed by atoms with Gasteiger partial charge < -0.3 is 0 Å². The number of benzene rings is 1. The molecule has 0 saturated carbocycles. The molecule has 2 aromatic rings. The van der Waals surface area contributed by atoms with Crippen LogP contribution in [0.3, 0.4) is 0 Å². The summed E-state index contributed by atoms with van der Waals surface area (Å²) in [5.41, 5.74) is 0.716. The second-order valence-electron chi connectivity index (χ2n) is 3.61. The predicted molar refractivity (Wildman–Crippen MR) is 67.6 cm³/mol. The molecule has 0 aliphatic carbocycles. The average Bonchev–Trinajstić information content (AvgIpc) is 2.76. The fourth-order valence-corrected chi connectivity index (χ4v) is 2.14. The topological polar surface area (TPSA) is 76.3 Å². The van der Waals surface area contributed by atoms with Gasteiger partial charge in [0.15, 0.2) is 0 Å². The molecule has 0 saturated heterocycles. The fraction of sp³-hybridized carbons (Fsp3) is 0.0909. The van der Waals surface area contributed by atoms with Gasteiger partial charge in [0.1, 0.15) is 0 Å². The van der Waals surface area contributed by atoms with Gasteiger partial charge in [-0.1, -0.05) is 18.2 Å². The maximum absolute atomic E-state index is 11.8. The smallest absolute Gasteiger partial charge is 0.275 e. The molecule has 18 heavy (non-hydrogen) atoms. The molecule has 1 heterocycles. The van der Waals surface area contributed by atoms with E-state index < -0.39 is 10.0 Å². The van der Waals surface area contributed by atoms with E-state index >= 15 is 0 Å². The quantitative estimate of drug-likeness (QED) is 0.653. The van der Waals surface area contributed by atoms with E-state index in [1.54, 1.807) is 42.3 Å². The van der Waals surface area contributed by atoms with Gasteiger partial charge in [-0.25, -0.2) is 4.83 Å². The number of aromatic nitrogens is 2. The molecule has 0 bridgehead atoms. The van der Waals surface area contributed by atoms with Crippen LogP contribution in [0.4, 0.5) is 0 Å². The van der Waals surface area contributed by atoms with Crippen molar-refractivity contribution in [2.24, 2.45) is 12.1 Å². The average molecular weight is 264 g/mol. The van der Waals surface area contributed by atoms with Gasteiger partial charge in [0, 0.05) is 18.8 Å². The van der Waals surface area contributed by atoms with E-state index in [1.807, 2.05) is 0 Å². The molecule has 6 nitrogen and oxygen atoms in total. The Morgan fingerprint density at radius 1 is 1.33 bits per heavy atom. The highest BCUT2D eigenvalue weighted by Gasteiger charge is 2.10. The van der Waals surface area contributed by atoms with Crippen molar-refractivity contribution in [3.63, 3.8) is 0 Å². The number of hydrogen-bond acceptors (Lipinski definition) is 4. The van der Waals surface area contributed by atoms with Gasteiger partial charge in [0.2, 0.25) is 0 Å². The zero-order chi connectivity index (χ0) is 13.0. The summed E-state index contributed by atoms with van der Waals surface area (Å²) in [5.74, 6) is 0. The fourth-order valence-electron chi connectivity index (χ4n) is 1.33. The Hall–Kier alpha value is -2.15. The van der Waals surface area contributed by atoms with Crippen LogP contribution in [-0.4, -0.2) is 24.4 Å². The highest BCUT2D eigenvalue weighted by molar-refractivity contribution is 7.89. The van der Waals surface area contributed by atoms with E-state index in [-0.39, 0.29) is 4.90 Å². The number of hydrazone groups is 1. The first-order chi connectivity index (χ1) is 8.58. The number of hydrogen-bond donors (Lipinski definition) is 1. The molecule has 7 heteroatoms. The van der Waals surface area contributed by atoms with Crippen molar-refractivity contribution in [1.29, 1.82) is 0 Å². The molecule has 94 valence electrons. The lowest BCUT2D eigenvalue weighted by Gasteiger charge is -2.01. The van der Waals surface area contributed by atoms with E-state index in [4.69, 9.17) is 0 Å². The number of sulfonamides is 1. The van der Waals surface area contributed by atoms with Gasteiger partial charge in [0.05, 0.1) is 17.3 Å². The molecule has 0 spiro atoms. The molecule has 0 amide bonds. The van der Waals surface area contributed by atoms with Crippen molar-refractivity contribution in [1.82, 2.24) is 14.6 Å². The van der Waals surface area contributed by atoms with Crippen molar-refractivity contribution >= 4 is 16.2 Å². The SMILES string of the molecule is Cn1cc(/C=N/NS(=O)(=O)c2ccccc2)cn1. The van der Waals surface area contributed by atoms with Crippen LogP contribution in [0, 0.1) is 0 Å². The van der Waals surface area contributed by atoms with E-state index in [0.717, 1.165) is 0 Å². The molecule has 2 rings (SSSR count). The largest absolute Gasteiger partial charge is 0.276 e. The first-order valence-corrected chi connectivity index (χ1v) is 6.65. The van der Waals surface area contributed by atoms with Gasteiger partial charge in [0.25, 0.3) is 10.0 Å². The molecule has 1 aromatic carbocycles. The molecular formula is C11H12N4O2S. The third-order valence-electron chi connectivity index (χ3n) is 2.16. The monoisotopic (exact) mass is 264 g/mol. The lowest BCUT2D eigenvalue weighted by atomic mass is 10.4. The molecule has 0 radical (unpaired) electrons. The van der Waals surface area contributed by atoms with E-state index in [9.17, 15) is 8.42 Å². The number of aryl methyl sites for hydroxylation is 1. The Bertz CT molecular complexity index is 647. The van der Waals surface area contributed by atoms with E-state index in [0.29, 0.717) is 5.56 Å². The van der Waals surface area contributed by atoms with Crippen LogP contribution in [0.2, 0.25) is 0 Å². The van der Waals surface area contributed by atoms with Gasteiger partial charge in [-0.05, 0) is 12.1 Å². The Labute approximate surface area is 105 Å². The Balaban J connectivity index is 2.08. The highest BCUT2D eigenvalue weighted by atomic mass is 32.2. The van der Waals surface area contributed by atoms with Gasteiger partial charge >= 0.3 is 0 Å². The molecule has 0 unspecified atom stereocenters. The first-order valence-electron chi connectivity index (χ1n) is 5.16. The van der Waals surface area contributed by atoms with Crippen molar-refractivity contribution in [3.05, 3.63) is 48.3 Å². The second kappa shape index (κ2) is 5.01. The maximum atomic E-state index is 11.8. The van der Waals surface area contributed by atoms with Gasteiger partial charge in [-0.15, -0.1) is 0 Å². The van der Waals surface area contributed by atoms with Crippen LogP contribution >= 0.6 is 0 Å². The predicted octanol–water partition coefficient (Wildman–Crippen LogP) is 0.732. The zero-order valence-electron chi connectivity index (χ0n) is 9.69. The second-order valence-corrected chi connectivity index (χ2v) is 5.27. The van der Waals surface area contributed by atoms with Crippen LogP contribution in [0.5, 0.6) is 0 Å². The summed E-state index contributed by atoms with van der Waals surface area (Å²) in [6.07, 6.45) is 4.70. The Morgan fingerprint density at radius 3 is 2.67 bits per heavy atom. The summed E-state index contributed by atoms with van der Waals surface area (Å²) in [4.78, 5) is 2.31. The highest BCUT2D eigenvalue weighted by Crippen LogP contribution is 2.06. The molecule has 0 aliphatic rings. The molecule has 1 N–H and O–H groups in total. The minimum atomic E-state index is -3.60.